The lowest BCUT2D eigenvalue weighted by molar-refractivity contribution is 0.454. The maximum absolute atomic E-state index is 11.9. The number of rotatable bonds is 6. The number of nitrogens with zero attached hydrogens (tertiary/aromatic N) is 1. The normalized spacial score (nSPS) is 23.1. The number of sulfone groups is 1. The lowest BCUT2D eigenvalue weighted by atomic mass is 10.1. The van der Waals surface area contributed by atoms with Crippen LogP contribution in [0.15, 0.2) is 0 Å². The first kappa shape index (κ1) is 15.2. The van der Waals surface area contributed by atoms with Gasteiger partial charge in [-0.2, -0.15) is 0 Å². The van der Waals surface area contributed by atoms with Crippen molar-refractivity contribution in [3.63, 3.8) is 0 Å². The van der Waals surface area contributed by atoms with E-state index < -0.39 is 19.9 Å². The van der Waals surface area contributed by atoms with Crippen LogP contribution in [0.1, 0.15) is 12.8 Å². The van der Waals surface area contributed by atoms with Crippen molar-refractivity contribution in [3.05, 3.63) is 0 Å². The summed E-state index contributed by atoms with van der Waals surface area (Å²) in [5, 5.41) is 0. The van der Waals surface area contributed by atoms with Crippen LogP contribution in [-0.2, 0) is 19.9 Å². The predicted octanol–water partition coefficient (Wildman–Crippen LogP) is 0.312. The van der Waals surface area contributed by atoms with Crippen molar-refractivity contribution < 1.29 is 16.8 Å². The molecule has 0 aliphatic carbocycles. The molecule has 0 aromatic carbocycles. The third-order valence-electron chi connectivity index (χ3n) is 2.87. The fraction of sp³-hybridized carbons (Fsp3) is 1.00. The largest absolute Gasteiger partial charge is 0.229 e. The van der Waals surface area contributed by atoms with Gasteiger partial charge in [0.25, 0.3) is 0 Å². The van der Waals surface area contributed by atoms with Crippen molar-refractivity contribution in [1.29, 1.82) is 0 Å². The van der Waals surface area contributed by atoms with Gasteiger partial charge in [-0.15, -0.1) is 11.6 Å². The summed E-state index contributed by atoms with van der Waals surface area (Å²) in [5.74, 6) is 0.202. The Bertz CT molecular complexity index is 446. The molecule has 0 aromatic rings. The first-order valence-electron chi connectivity index (χ1n) is 5.46. The molecule has 5 nitrogen and oxygen atoms in total. The van der Waals surface area contributed by atoms with Crippen LogP contribution in [0.25, 0.3) is 0 Å². The van der Waals surface area contributed by atoms with Gasteiger partial charge in [0.2, 0.25) is 10.0 Å². The van der Waals surface area contributed by atoms with Gasteiger partial charge < -0.3 is 0 Å². The van der Waals surface area contributed by atoms with Crippen LogP contribution in [-0.4, -0.2) is 57.9 Å². The average molecular weight is 304 g/mol. The van der Waals surface area contributed by atoms with Crippen molar-refractivity contribution in [2.24, 2.45) is 5.92 Å². The lowest BCUT2D eigenvalue weighted by Crippen LogP contribution is -2.33. The molecule has 0 radical (unpaired) electrons. The average Bonchev–Trinajstić information content (AvgIpc) is 2.64. The van der Waals surface area contributed by atoms with Crippen LogP contribution in [0.4, 0.5) is 0 Å². The SMILES string of the molecule is CS(=O)(=O)CCS(=O)(=O)N1CCC(CCCl)C1. The van der Waals surface area contributed by atoms with Crippen LogP contribution in [0.2, 0.25) is 0 Å². The predicted molar refractivity (Wildman–Crippen MR) is 68.5 cm³/mol. The molecule has 0 amide bonds. The highest BCUT2D eigenvalue weighted by atomic mass is 35.5. The molecule has 1 aliphatic heterocycles. The second-order valence-electron chi connectivity index (χ2n) is 4.44. The molecular weight excluding hydrogens is 286 g/mol. The Hall–Kier alpha value is 0.150. The molecule has 0 spiro atoms. The smallest absolute Gasteiger partial charge is 0.215 e. The molecule has 0 saturated carbocycles. The summed E-state index contributed by atoms with van der Waals surface area (Å²) in [6.07, 6.45) is 2.66. The fourth-order valence-corrected chi connectivity index (χ4v) is 5.27. The van der Waals surface area contributed by atoms with E-state index in [4.69, 9.17) is 11.6 Å². The van der Waals surface area contributed by atoms with Crippen LogP contribution in [0.3, 0.4) is 0 Å². The van der Waals surface area contributed by atoms with Gasteiger partial charge >= 0.3 is 0 Å². The van der Waals surface area contributed by atoms with E-state index in [9.17, 15) is 16.8 Å². The Balaban J connectivity index is 2.55. The van der Waals surface area contributed by atoms with Crippen molar-refractivity contribution >= 4 is 31.5 Å². The minimum atomic E-state index is -3.43. The number of hydrogen-bond donors (Lipinski definition) is 0. The van der Waals surface area contributed by atoms with E-state index in [0.29, 0.717) is 24.9 Å². The zero-order chi connectivity index (χ0) is 13.1. The topological polar surface area (TPSA) is 71.5 Å². The van der Waals surface area contributed by atoms with Crippen LogP contribution in [0, 0.1) is 5.92 Å². The highest BCUT2D eigenvalue weighted by Gasteiger charge is 2.31. The zero-order valence-electron chi connectivity index (χ0n) is 9.80. The van der Waals surface area contributed by atoms with Crippen LogP contribution >= 0.6 is 11.6 Å². The highest BCUT2D eigenvalue weighted by molar-refractivity contribution is 7.93. The Morgan fingerprint density at radius 3 is 2.41 bits per heavy atom. The van der Waals surface area contributed by atoms with Gasteiger partial charge in [-0.3, -0.25) is 0 Å². The maximum Gasteiger partial charge on any atom is 0.215 e. The minimum absolute atomic E-state index is 0.306. The fourth-order valence-electron chi connectivity index (χ4n) is 1.83. The number of hydrogen-bond acceptors (Lipinski definition) is 4. The number of halogens is 1. The molecule has 1 fully saturated rings. The summed E-state index contributed by atoms with van der Waals surface area (Å²) in [7, 11) is -6.67. The van der Waals surface area contributed by atoms with Gasteiger partial charge in [0.15, 0.2) is 0 Å². The monoisotopic (exact) mass is 303 g/mol. The molecule has 8 heteroatoms. The van der Waals surface area contributed by atoms with E-state index in [2.05, 4.69) is 0 Å². The van der Waals surface area contributed by atoms with E-state index in [0.717, 1.165) is 19.1 Å². The molecule has 0 bridgehead atoms. The molecule has 0 N–H and O–H groups in total. The van der Waals surface area contributed by atoms with E-state index >= 15 is 0 Å². The molecule has 0 aromatic heterocycles. The summed E-state index contributed by atoms with van der Waals surface area (Å²) in [5.41, 5.74) is 0. The van der Waals surface area contributed by atoms with Gasteiger partial charge in [-0.1, -0.05) is 0 Å². The number of alkyl halides is 1. The van der Waals surface area contributed by atoms with Gasteiger partial charge in [-0.25, -0.2) is 21.1 Å². The third-order valence-corrected chi connectivity index (χ3v) is 6.13. The molecule has 1 heterocycles. The van der Waals surface area contributed by atoms with Crippen molar-refractivity contribution in [3.8, 4) is 0 Å². The Morgan fingerprint density at radius 2 is 1.88 bits per heavy atom. The summed E-state index contributed by atoms with van der Waals surface area (Å²) in [4.78, 5) is 0. The van der Waals surface area contributed by atoms with Crippen molar-refractivity contribution in [1.82, 2.24) is 4.31 Å². The van der Waals surface area contributed by atoms with Crippen LogP contribution in [0.5, 0.6) is 0 Å². The summed E-state index contributed by atoms with van der Waals surface area (Å²) in [6.45, 7) is 0.951. The Kier molecular flexibility index (Phi) is 5.24. The molecule has 102 valence electrons. The highest BCUT2D eigenvalue weighted by Crippen LogP contribution is 2.22. The minimum Gasteiger partial charge on any atom is -0.229 e. The van der Waals surface area contributed by atoms with Gasteiger partial charge in [0, 0.05) is 25.2 Å². The second kappa shape index (κ2) is 5.86. The Morgan fingerprint density at radius 1 is 1.24 bits per heavy atom. The van der Waals surface area contributed by atoms with Crippen LogP contribution < -0.4 is 0 Å². The molecule has 1 atom stereocenters. The van der Waals surface area contributed by atoms with Gasteiger partial charge in [0.05, 0.1) is 11.5 Å². The zero-order valence-corrected chi connectivity index (χ0v) is 12.2. The molecule has 1 rings (SSSR count). The summed E-state index contributed by atoms with van der Waals surface area (Å²) >= 11 is 5.62. The second-order valence-corrected chi connectivity index (χ2v) is 9.16. The molecule has 17 heavy (non-hydrogen) atoms. The van der Waals surface area contributed by atoms with Gasteiger partial charge in [0.1, 0.15) is 9.84 Å². The van der Waals surface area contributed by atoms with Gasteiger partial charge in [-0.05, 0) is 18.8 Å². The lowest BCUT2D eigenvalue weighted by Gasteiger charge is -2.15. The Labute approximate surface area is 108 Å². The van der Waals surface area contributed by atoms with Crippen molar-refractivity contribution in [2.45, 2.75) is 12.8 Å². The standard InChI is InChI=1S/C9H18ClNO4S2/c1-16(12,13)6-7-17(14,15)11-5-3-9(8-11)2-4-10/h9H,2-8H2,1H3. The van der Waals surface area contributed by atoms with Crippen molar-refractivity contribution in [2.75, 3.05) is 36.7 Å². The molecular formula is C9H18ClNO4S2. The summed E-state index contributed by atoms with van der Waals surface area (Å²) < 4.78 is 47.0. The van der Waals surface area contributed by atoms with E-state index in [1.54, 1.807) is 0 Å². The first-order chi connectivity index (χ1) is 7.74. The maximum atomic E-state index is 11.9. The molecule has 1 saturated heterocycles. The first-order valence-corrected chi connectivity index (χ1v) is 9.66. The molecule has 1 unspecified atom stereocenters. The van der Waals surface area contributed by atoms with E-state index in [1.807, 2.05) is 0 Å². The van der Waals surface area contributed by atoms with E-state index in [-0.39, 0.29) is 11.5 Å². The molecule has 1 aliphatic rings. The third kappa shape index (κ3) is 5.11. The summed E-state index contributed by atoms with van der Waals surface area (Å²) in [6, 6.07) is 0. The number of sulfonamides is 1. The quantitative estimate of drug-likeness (QED) is 0.662. The van der Waals surface area contributed by atoms with E-state index in [1.165, 1.54) is 4.31 Å².